The Morgan fingerprint density at radius 1 is 1.42 bits per heavy atom. The first-order valence-electron chi connectivity index (χ1n) is 3.34. The van der Waals surface area contributed by atoms with Gasteiger partial charge in [0.2, 0.25) is 0 Å². The molecule has 0 saturated carbocycles. The van der Waals surface area contributed by atoms with Gasteiger partial charge in [-0.2, -0.15) is 0 Å². The van der Waals surface area contributed by atoms with Crippen LogP contribution in [0.1, 0.15) is 0 Å². The smallest absolute Gasteiger partial charge is 0.469 e. The van der Waals surface area contributed by atoms with Crippen LogP contribution in [0.25, 0.3) is 5.32 Å². The number of hydrogen-bond donors (Lipinski definition) is 0. The van der Waals surface area contributed by atoms with Gasteiger partial charge in [0.1, 0.15) is 5.95 Å². The van der Waals surface area contributed by atoms with Crippen LogP contribution < -0.4 is 63.1 Å². The standard InChI is InChI=1S/C7H11N4.Rb/c1-8-6-4-5-9-7(10-6)11(2)3;/h4-5H,1-3H3;/q-1;+1. The normalized spacial score (nSPS) is 8.58. The van der Waals surface area contributed by atoms with E-state index in [-0.39, 0.29) is 58.2 Å². The third-order valence-corrected chi connectivity index (χ3v) is 1.26. The van der Waals surface area contributed by atoms with Crippen LogP contribution in [-0.4, -0.2) is 31.1 Å². The molecule has 1 aromatic heterocycles. The van der Waals surface area contributed by atoms with E-state index in [9.17, 15) is 0 Å². The molecule has 0 bridgehead atoms. The van der Waals surface area contributed by atoms with Crippen molar-refractivity contribution >= 4 is 11.8 Å². The van der Waals surface area contributed by atoms with Gasteiger partial charge in [-0.1, -0.05) is 12.9 Å². The molecule has 0 spiro atoms. The first-order valence-corrected chi connectivity index (χ1v) is 3.34. The van der Waals surface area contributed by atoms with Crippen molar-refractivity contribution in [2.24, 2.45) is 0 Å². The van der Waals surface area contributed by atoms with E-state index in [1.54, 1.807) is 19.3 Å². The van der Waals surface area contributed by atoms with Crippen molar-refractivity contribution in [3.05, 3.63) is 17.6 Å². The molecule has 0 saturated heterocycles. The Labute approximate surface area is 122 Å². The summed E-state index contributed by atoms with van der Waals surface area (Å²) in [7, 11) is 5.51. The Morgan fingerprint density at radius 3 is 2.58 bits per heavy atom. The summed E-state index contributed by atoms with van der Waals surface area (Å²) in [5, 5.41) is 3.94. The molecule has 0 unspecified atom stereocenters. The molecule has 5 heteroatoms. The topological polar surface area (TPSA) is 43.1 Å². The van der Waals surface area contributed by atoms with E-state index in [1.165, 1.54) is 0 Å². The predicted molar refractivity (Wildman–Crippen MR) is 45.3 cm³/mol. The van der Waals surface area contributed by atoms with Gasteiger partial charge in [-0.15, -0.1) is 0 Å². The molecule has 0 aliphatic rings. The molecule has 0 aliphatic heterocycles. The fraction of sp³-hybridized carbons (Fsp3) is 0.429. The third kappa shape index (κ3) is 3.47. The minimum Gasteiger partial charge on any atom is -0.469 e. The summed E-state index contributed by atoms with van der Waals surface area (Å²) in [4.78, 5) is 10.0. The monoisotopic (exact) mass is 236 g/mol. The number of anilines is 1. The number of nitrogens with zero attached hydrogens (tertiary/aromatic N) is 4. The molecular formula is C7H11N4Rb. The van der Waals surface area contributed by atoms with Gasteiger partial charge < -0.3 is 15.2 Å². The van der Waals surface area contributed by atoms with Gasteiger partial charge in [-0.05, 0) is 6.07 Å². The van der Waals surface area contributed by atoms with Gasteiger partial charge in [0.15, 0.2) is 0 Å². The Hall–Kier alpha value is 0.485. The molecule has 0 N–H and O–H groups in total. The number of aromatic nitrogens is 2. The van der Waals surface area contributed by atoms with Crippen LogP contribution in [-0.2, 0) is 0 Å². The van der Waals surface area contributed by atoms with Crippen LogP contribution in [0.15, 0.2) is 12.3 Å². The van der Waals surface area contributed by atoms with Crippen LogP contribution in [0.4, 0.5) is 11.8 Å². The largest absolute Gasteiger partial charge is 1.00 e. The van der Waals surface area contributed by atoms with E-state index in [0.717, 1.165) is 0 Å². The molecule has 12 heavy (non-hydrogen) atoms. The van der Waals surface area contributed by atoms with Crippen molar-refractivity contribution in [1.29, 1.82) is 0 Å². The maximum absolute atomic E-state index is 4.14. The van der Waals surface area contributed by atoms with Crippen LogP contribution in [0, 0.1) is 0 Å². The molecule has 0 aliphatic carbocycles. The maximum Gasteiger partial charge on any atom is 1.00 e. The van der Waals surface area contributed by atoms with Crippen molar-refractivity contribution in [1.82, 2.24) is 9.97 Å². The fourth-order valence-electron chi connectivity index (χ4n) is 0.679. The average molecular weight is 237 g/mol. The second-order valence-corrected chi connectivity index (χ2v) is 2.33. The van der Waals surface area contributed by atoms with Gasteiger partial charge in [0.05, 0.1) is 0 Å². The van der Waals surface area contributed by atoms with Gasteiger partial charge >= 0.3 is 58.2 Å². The van der Waals surface area contributed by atoms with E-state index >= 15 is 0 Å². The zero-order valence-electron chi connectivity index (χ0n) is 7.94. The Kier molecular flexibility index (Phi) is 6.26. The molecule has 60 valence electrons. The summed E-state index contributed by atoms with van der Waals surface area (Å²) in [5.41, 5.74) is 0. The number of rotatable bonds is 2. The van der Waals surface area contributed by atoms with E-state index < -0.39 is 0 Å². The Bertz CT molecular complexity index is 239. The van der Waals surface area contributed by atoms with Gasteiger partial charge in [-0.25, -0.2) is 4.98 Å². The molecule has 1 aromatic rings. The zero-order chi connectivity index (χ0) is 8.27. The van der Waals surface area contributed by atoms with Crippen LogP contribution in [0.5, 0.6) is 0 Å². The molecule has 0 atom stereocenters. The molecule has 0 radical (unpaired) electrons. The molecule has 4 nitrogen and oxygen atoms in total. The van der Waals surface area contributed by atoms with Gasteiger partial charge in [-0.3, -0.25) is 0 Å². The molecular weight excluding hydrogens is 226 g/mol. The zero-order valence-corrected chi connectivity index (χ0v) is 12.9. The van der Waals surface area contributed by atoms with Crippen molar-refractivity contribution in [2.75, 3.05) is 26.0 Å². The molecule has 0 amide bonds. The van der Waals surface area contributed by atoms with E-state index in [4.69, 9.17) is 0 Å². The maximum atomic E-state index is 4.14. The first-order chi connectivity index (χ1) is 5.24. The van der Waals surface area contributed by atoms with Gasteiger partial charge in [0, 0.05) is 20.3 Å². The Balaban J connectivity index is 0.00000121. The molecule has 0 aromatic carbocycles. The van der Waals surface area contributed by atoms with E-state index in [0.29, 0.717) is 11.8 Å². The minimum atomic E-state index is 0. The van der Waals surface area contributed by atoms with E-state index in [1.807, 2.05) is 19.0 Å². The van der Waals surface area contributed by atoms with Crippen molar-refractivity contribution in [3.8, 4) is 0 Å². The summed E-state index contributed by atoms with van der Waals surface area (Å²) in [6.45, 7) is 0. The SMILES string of the molecule is C[N-]c1ccnc(N(C)C)n1.[Rb+]. The van der Waals surface area contributed by atoms with Crippen molar-refractivity contribution < 1.29 is 58.2 Å². The summed E-state index contributed by atoms with van der Waals surface area (Å²) in [6, 6.07) is 1.77. The van der Waals surface area contributed by atoms with Crippen LogP contribution in [0.2, 0.25) is 0 Å². The average Bonchev–Trinajstić information content (AvgIpc) is 2.05. The second-order valence-electron chi connectivity index (χ2n) is 2.33. The number of hydrogen-bond acceptors (Lipinski definition) is 3. The Morgan fingerprint density at radius 2 is 2.08 bits per heavy atom. The fourth-order valence-corrected chi connectivity index (χ4v) is 0.679. The van der Waals surface area contributed by atoms with Crippen molar-refractivity contribution in [3.63, 3.8) is 0 Å². The predicted octanol–water partition coefficient (Wildman–Crippen LogP) is -1.82. The van der Waals surface area contributed by atoms with Crippen LogP contribution >= 0.6 is 0 Å². The molecule has 1 rings (SSSR count). The molecule has 1 heterocycles. The summed E-state index contributed by atoms with van der Waals surface area (Å²) < 4.78 is 0. The quantitative estimate of drug-likeness (QED) is 0.608. The van der Waals surface area contributed by atoms with Crippen LogP contribution in [0.3, 0.4) is 0 Å². The first kappa shape index (κ1) is 12.5. The van der Waals surface area contributed by atoms with Crippen molar-refractivity contribution in [2.45, 2.75) is 0 Å². The second kappa shape index (κ2) is 6.02. The summed E-state index contributed by atoms with van der Waals surface area (Å²) >= 11 is 0. The summed E-state index contributed by atoms with van der Waals surface area (Å²) in [5.74, 6) is 1.40. The minimum absolute atomic E-state index is 0. The van der Waals surface area contributed by atoms with Gasteiger partial charge in [0.25, 0.3) is 0 Å². The molecule has 0 fully saturated rings. The third-order valence-electron chi connectivity index (χ3n) is 1.26. The summed E-state index contributed by atoms with van der Waals surface area (Å²) in [6.07, 6.45) is 1.70. The van der Waals surface area contributed by atoms with E-state index in [2.05, 4.69) is 15.3 Å².